The molecule has 0 atom stereocenters. The normalized spacial score (nSPS) is 26.9. The van der Waals surface area contributed by atoms with Crippen LogP contribution in [-0.4, -0.2) is 30.0 Å². The van der Waals surface area contributed by atoms with Crippen molar-refractivity contribution in [3.63, 3.8) is 0 Å². The summed E-state index contributed by atoms with van der Waals surface area (Å²) in [6.07, 6.45) is 6.98. The topological polar surface area (TPSA) is 96.0 Å². The summed E-state index contributed by atoms with van der Waals surface area (Å²) in [5, 5.41) is 0. The molecule has 1 heterocycles. The fraction of sp³-hybridized carbons (Fsp3) is 1.00. The van der Waals surface area contributed by atoms with Gasteiger partial charge in [0.25, 0.3) is 0 Å². The van der Waals surface area contributed by atoms with Crippen LogP contribution in [0, 0.1) is 0 Å². The molecule has 1 aliphatic rings. The Morgan fingerprint density at radius 3 is 1.21 bits per heavy atom. The molecule has 0 bridgehead atoms. The fourth-order valence-corrected chi connectivity index (χ4v) is 3.50. The van der Waals surface area contributed by atoms with E-state index < -0.39 is 20.8 Å². The summed E-state index contributed by atoms with van der Waals surface area (Å²) in [5.41, 5.74) is 0. The molecule has 0 aromatic rings. The third-order valence-electron chi connectivity index (χ3n) is 2.66. The van der Waals surface area contributed by atoms with E-state index in [1.54, 1.807) is 0 Å². The van der Waals surface area contributed by atoms with Crippen LogP contribution < -0.4 is 0 Å². The maximum Gasteiger partial charge on any atom is 0.416 e. The van der Waals surface area contributed by atoms with Gasteiger partial charge in [-0.15, -0.1) is 3.63 Å². The van der Waals surface area contributed by atoms with E-state index in [-0.39, 0.29) is 13.2 Å². The Bertz CT molecular complexity index is 398. The maximum atomic E-state index is 11.2. The molecule has 0 saturated carbocycles. The Labute approximate surface area is 114 Å². The average molecular weight is 316 g/mol. The largest absolute Gasteiger partial charge is 0.416 e. The van der Waals surface area contributed by atoms with Crippen molar-refractivity contribution in [2.24, 2.45) is 0 Å². The molecule has 19 heavy (non-hydrogen) atoms. The van der Waals surface area contributed by atoms with Gasteiger partial charge < -0.3 is 0 Å². The Balaban J connectivity index is 2.55. The predicted molar refractivity (Wildman–Crippen MR) is 67.8 cm³/mol. The molecule has 1 saturated heterocycles. The van der Waals surface area contributed by atoms with Crippen LogP contribution in [0.3, 0.4) is 0 Å². The molecule has 114 valence electrons. The van der Waals surface area contributed by atoms with Crippen molar-refractivity contribution in [3.05, 3.63) is 0 Å². The number of rotatable bonds is 0. The summed E-state index contributed by atoms with van der Waals surface area (Å²) in [6.45, 7) is -0.171. The van der Waals surface area contributed by atoms with Gasteiger partial charge in [0.2, 0.25) is 0 Å². The monoisotopic (exact) mass is 316 g/mol. The van der Waals surface area contributed by atoms with E-state index in [0.717, 1.165) is 38.5 Å². The zero-order chi connectivity index (χ0) is 14.2. The minimum absolute atomic E-state index is 0.0855. The van der Waals surface area contributed by atoms with E-state index in [2.05, 4.69) is 12.0 Å². The molecule has 0 aromatic carbocycles. The number of hydrogen-bond acceptors (Lipinski definition) is 7. The van der Waals surface area contributed by atoms with Crippen LogP contribution in [0.5, 0.6) is 0 Å². The zero-order valence-corrected chi connectivity index (χ0v) is 12.4. The first-order valence-corrected chi connectivity index (χ1v) is 9.08. The molecule has 0 N–H and O–H groups in total. The Kier molecular flexibility index (Phi) is 7.22. The summed E-state index contributed by atoms with van der Waals surface area (Å²) in [6, 6.07) is 0. The van der Waals surface area contributed by atoms with Gasteiger partial charge >= 0.3 is 20.8 Å². The average Bonchev–Trinajstić information content (AvgIpc) is 2.28. The first-order valence-electron chi connectivity index (χ1n) is 6.41. The van der Waals surface area contributed by atoms with E-state index in [1.807, 2.05) is 0 Å². The predicted octanol–water partition coefficient (Wildman–Crippen LogP) is 1.66. The van der Waals surface area contributed by atoms with Crippen molar-refractivity contribution in [2.75, 3.05) is 13.2 Å². The molecule has 1 fully saturated rings. The molecular formula is C10H20O7S2. The first kappa shape index (κ1) is 16.8. The SMILES string of the molecule is O=S1(=O)OCCCCCCCCCCOS(=O)(=O)O1. The molecule has 1 rings (SSSR count). The van der Waals surface area contributed by atoms with Crippen LogP contribution in [-0.2, 0) is 32.8 Å². The second-order valence-corrected chi connectivity index (χ2v) is 7.01. The van der Waals surface area contributed by atoms with Crippen molar-refractivity contribution in [1.82, 2.24) is 0 Å². The van der Waals surface area contributed by atoms with Gasteiger partial charge in [-0.2, -0.15) is 16.8 Å². The third kappa shape index (κ3) is 8.53. The third-order valence-corrected chi connectivity index (χ3v) is 4.90. The molecule has 0 spiro atoms. The smallest absolute Gasteiger partial charge is 0.247 e. The maximum absolute atomic E-state index is 11.2. The highest BCUT2D eigenvalue weighted by Crippen LogP contribution is 2.12. The zero-order valence-electron chi connectivity index (χ0n) is 10.7. The van der Waals surface area contributed by atoms with Gasteiger partial charge in [0.1, 0.15) is 0 Å². The second kappa shape index (κ2) is 8.15. The van der Waals surface area contributed by atoms with E-state index in [4.69, 9.17) is 0 Å². The standard InChI is InChI=1S/C10H20O7S2/c11-18(12)15-9-7-5-3-1-2-4-6-8-10-16-19(13,14)17-18/h1-10H2. The van der Waals surface area contributed by atoms with Crippen LogP contribution in [0.25, 0.3) is 0 Å². The summed E-state index contributed by atoms with van der Waals surface area (Å²) in [5.74, 6) is 0. The van der Waals surface area contributed by atoms with Crippen molar-refractivity contribution in [3.8, 4) is 0 Å². The van der Waals surface area contributed by atoms with E-state index >= 15 is 0 Å². The number of hydrogen-bond donors (Lipinski definition) is 0. The molecule has 0 aliphatic carbocycles. The van der Waals surface area contributed by atoms with Gasteiger partial charge in [-0.1, -0.05) is 38.5 Å². The Hall–Kier alpha value is -0.220. The Morgan fingerprint density at radius 2 is 0.842 bits per heavy atom. The second-order valence-electron chi connectivity index (χ2n) is 4.36. The minimum atomic E-state index is -4.56. The highest BCUT2D eigenvalue weighted by molar-refractivity contribution is 7.95. The minimum Gasteiger partial charge on any atom is -0.247 e. The molecule has 9 heteroatoms. The fourth-order valence-electron chi connectivity index (χ4n) is 1.73. The van der Waals surface area contributed by atoms with Crippen LogP contribution in [0.2, 0.25) is 0 Å². The van der Waals surface area contributed by atoms with Crippen LogP contribution in [0.4, 0.5) is 0 Å². The molecule has 1 aliphatic heterocycles. The molecule has 0 aromatic heterocycles. The van der Waals surface area contributed by atoms with Gasteiger partial charge in [-0.05, 0) is 12.8 Å². The van der Waals surface area contributed by atoms with Gasteiger partial charge in [0.15, 0.2) is 0 Å². The van der Waals surface area contributed by atoms with Gasteiger partial charge in [0, 0.05) is 0 Å². The summed E-state index contributed by atoms with van der Waals surface area (Å²) < 4.78 is 57.6. The quantitative estimate of drug-likeness (QED) is 0.670. The Morgan fingerprint density at radius 1 is 0.526 bits per heavy atom. The summed E-state index contributed by atoms with van der Waals surface area (Å²) >= 11 is 0. The first-order chi connectivity index (χ1) is 8.91. The summed E-state index contributed by atoms with van der Waals surface area (Å²) in [7, 11) is -9.12. The van der Waals surface area contributed by atoms with E-state index in [1.165, 1.54) is 0 Å². The summed E-state index contributed by atoms with van der Waals surface area (Å²) in [4.78, 5) is 0. The highest BCUT2D eigenvalue weighted by Gasteiger charge is 2.24. The van der Waals surface area contributed by atoms with Gasteiger partial charge in [0.05, 0.1) is 13.2 Å². The van der Waals surface area contributed by atoms with E-state index in [0.29, 0.717) is 12.8 Å². The van der Waals surface area contributed by atoms with Crippen molar-refractivity contribution < 1.29 is 28.8 Å². The van der Waals surface area contributed by atoms with Gasteiger partial charge in [-0.3, -0.25) is 0 Å². The molecule has 0 amide bonds. The lowest BCUT2D eigenvalue weighted by molar-refractivity contribution is 0.234. The van der Waals surface area contributed by atoms with Crippen LogP contribution >= 0.6 is 0 Å². The van der Waals surface area contributed by atoms with Crippen LogP contribution in [0.15, 0.2) is 0 Å². The molecule has 0 radical (unpaired) electrons. The lowest BCUT2D eigenvalue weighted by Crippen LogP contribution is -2.19. The molecular weight excluding hydrogens is 296 g/mol. The lowest BCUT2D eigenvalue weighted by atomic mass is 10.1. The van der Waals surface area contributed by atoms with Crippen molar-refractivity contribution in [1.29, 1.82) is 0 Å². The van der Waals surface area contributed by atoms with Gasteiger partial charge in [-0.25, -0.2) is 8.37 Å². The van der Waals surface area contributed by atoms with Crippen molar-refractivity contribution in [2.45, 2.75) is 51.4 Å². The molecule has 7 nitrogen and oxygen atoms in total. The molecule has 0 unspecified atom stereocenters. The lowest BCUT2D eigenvalue weighted by Gasteiger charge is -2.06. The van der Waals surface area contributed by atoms with Crippen LogP contribution in [0.1, 0.15) is 51.4 Å². The van der Waals surface area contributed by atoms with E-state index in [9.17, 15) is 16.8 Å². The van der Waals surface area contributed by atoms with Crippen molar-refractivity contribution >= 4 is 20.8 Å². The highest BCUT2D eigenvalue weighted by atomic mass is 32.3.